The average Bonchev–Trinajstić information content (AvgIpc) is 3.25. The molecule has 38 heavy (non-hydrogen) atoms. The summed E-state index contributed by atoms with van der Waals surface area (Å²) >= 11 is 0. The van der Waals surface area contributed by atoms with E-state index < -0.39 is 70.7 Å². The van der Waals surface area contributed by atoms with Crippen molar-refractivity contribution in [1.82, 2.24) is 0 Å². The maximum absolute atomic E-state index is 13.9. The molecule has 5 aliphatic rings. The summed E-state index contributed by atoms with van der Waals surface area (Å²) in [6, 6.07) is 0.614. The molecule has 4 aliphatic heterocycles. The molecule has 1 aromatic rings. The molecule has 1 aliphatic carbocycles. The van der Waals surface area contributed by atoms with Crippen LogP contribution >= 0.6 is 0 Å². The van der Waals surface area contributed by atoms with Gasteiger partial charge in [0.2, 0.25) is 12.1 Å². The van der Waals surface area contributed by atoms with Crippen LogP contribution in [0.15, 0.2) is 28.2 Å². The van der Waals surface area contributed by atoms with E-state index >= 15 is 0 Å². The van der Waals surface area contributed by atoms with Gasteiger partial charge in [0.1, 0.15) is 36.6 Å². The summed E-state index contributed by atoms with van der Waals surface area (Å²) in [7, 11) is 1.34. The first-order chi connectivity index (χ1) is 17.9. The molecule has 2 fully saturated rings. The molecular weight excluding hydrogens is 498 g/mol. The first-order valence-corrected chi connectivity index (χ1v) is 12.8. The van der Waals surface area contributed by atoms with Gasteiger partial charge >= 0.3 is 0 Å². The molecule has 1 aromatic carbocycles. The average molecular weight is 531 g/mol. The van der Waals surface area contributed by atoms with E-state index in [1.165, 1.54) is 7.11 Å². The second-order valence-electron chi connectivity index (χ2n) is 11.0. The third-order valence-corrected chi connectivity index (χ3v) is 8.59. The lowest BCUT2D eigenvalue weighted by atomic mass is 9.82. The fraction of sp³-hybridized carbons (Fsp3) is 0.556. The number of ether oxygens (including phenoxy) is 4. The number of quaternary nitrogens is 1. The number of carbonyl (C=O) groups is 1. The standard InChI is InChI=1S/C27H31NO10/c1-6-15-19-17-12(7-10(2)28(19)9-26(4,33)38-15)16-13(20(17)30)8-14(29)18-23(21(16)31)37-25-27(18,34)24(32)22(35-5)11(3)36-25/h7-8,11,15,19,22,24-25,31-34H,6,9H2,1-5H3/p+1/t11-,15-,19?,22-,24-,25+,26-,27-/m1/s1. The lowest BCUT2D eigenvalue weighted by molar-refractivity contribution is -0.909. The number of methoxy groups -OCH3 is 1. The minimum absolute atomic E-state index is 0.0315. The summed E-state index contributed by atoms with van der Waals surface area (Å²) in [6.07, 6.45) is -2.96. The summed E-state index contributed by atoms with van der Waals surface area (Å²) in [5, 5.41) is 44.9. The quantitative estimate of drug-likeness (QED) is 0.324. The van der Waals surface area contributed by atoms with Gasteiger partial charge in [0.25, 0.3) is 0 Å². The van der Waals surface area contributed by atoms with E-state index in [1.54, 1.807) is 19.9 Å². The van der Waals surface area contributed by atoms with E-state index in [9.17, 15) is 30.0 Å². The smallest absolute Gasteiger partial charge is 0.236 e. The maximum atomic E-state index is 13.9. The third-order valence-electron chi connectivity index (χ3n) is 8.59. The Morgan fingerprint density at radius 3 is 2.63 bits per heavy atom. The highest BCUT2D eigenvalue weighted by molar-refractivity contribution is 6.23. The number of Topliss-reactive ketones (excluding diaryl/α,β-unsaturated/α-hetero) is 1. The molecule has 11 nitrogen and oxygen atoms in total. The van der Waals surface area contributed by atoms with Crippen molar-refractivity contribution in [3.05, 3.63) is 50.3 Å². The van der Waals surface area contributed by atoms with E-state index in [-0.39, 0.29) is 23.4 Å². The van der Waals surface area contributed by atoms with Gasteiger partial charge in [-0.15, -0.1) is 0 Å². The van der Waals surface area contributed by atoms with Crippen LogP contribution in [0.5, 0.6) is 11.5 Å². The molecule has 6 rings (SSSR count). The first-order valence-electron chi connectivity index (χ1n) is 12.8. The molecular formula is C27H32NO10+. The number of aliphatic hydroxyl groups is 3. The Morgan fingerprint density at radius 1 is 1.26 bits per heavy atom. The number of fused-ring (bicyclic) bond motifs is 7. The zero-order chi connectivity index (χ0) is 27.5. The monoisotopic (exact) mass is 530 g/mol. The molecule has 204 valence electrons. The van der Waals surface area contributed by atoms with Gasteiger partial charge in [0.05, 0.1) is 17.2 Å². The van der Waals surface area contributed by atoms with Gasteiger partial charge in [-0.3, -0.25) is 14.5 Å². The van der Waals surface area contributed by atoms with Crippen molar-refractivity contribution >= 4 is 11.4 Å². The van der Waals surface area contributed by atoms with Crippen molar-refractivity contribution in [2.75, 3.05) is 13.7 Å². The molecule has 2 saturated heterocycles. The van der Waals surface area contributed by atoms with E-state index in [0.717, 1.165) is 16.7 Å². The van der Waals surface area contributed by atoms with Crippen LogP contribution in [-0.4, -0.2) is 82.4 Å². The predicted molar refractivity (Wildman–Crippen MR) is 130 cm³/mol. The van der Waals surface area contributed by atoms with Crippen LogP contribution in [0, 0.1) is 0 Å². The highest BCUT2D eigenvalue weighted by Crippen LogP contribution is 2.54. The van der Waals surface area contributed by atoms with Gasteiger partial charge in [0, 0.05) is 36.8 Å². The van der Waals surface area contributed by atoms with Crippen molar-refractivity contribution in [3.63, 3.8) is 0 Å². The molecule has 0 spiro atoms. The Kier molecular flexibility index (Phi) is 5.52. The Bertz CT molecular complexity index is 1380. The van der Waals surface area contributed by atoms with Gasteiger partial charge in [0.15, 0.2) is 28.3 Å². The normalized spacial score (nSPS) is 41.0. The molecule has 0 bridgehead atoms. The van der Waals surface area contributed by atoms with Crippen LogP contribution in [0.2, 0.25) is 0 Å². The first kappa shape index (κ1) is 25.6. The van der Waals surface area contributed by atoms with Crippen LogP contribution < -0.4 is 15.1 Å². The van der Waals surface area contributed by atoms with E-state index in [1.807, 2.05) is 13.8 Å². The van der Waals surface area contributed by atoms with E-state index in [4.69, 9.17) is 18.9 Å². The Hall–Kier alpha value is -2.64. The summed E-state index contributed by atoms with van der Waals surface area (Å²) in [5.41, 5.74) is -1.79. The van der Waals surface area contributed by atoms with Crippen LogP contribution in [0.3, 0.4) is 0 Å². The van der Waals surface area contributed by atoms with Gasteiger partial charge in [-0.1, -0.05) is 6.92 Å². The lowest BCUT2D eigenvalue weighted by Gasteiger charge is -2.46. The molecule has 0 saturated carbocycles. The third kappa shape index (κ3) is 3.15. The van der Waals surface area contributed by atoms with Crippen LogP contribution in [0.1, 0.15) is 55.6 Å². The van der Waals surface area contributed by atoms with Crippen LogP contribution in [-0.2, 0) is 19.8 Å². The number of morpholine rings is 1. The number of hydrogen-bond acceptors (Lipinski definition) is 10. The van der Waals surface area contributed by atoms with Crippen molar-refractivity contribution in [1.29, 1.82) is 0 Å². The number of nitrogens with one attached hydrogen (secondary N) is 1. The zero-order valence-electron chi connectivity index (χ0n) is 21.8. The molecule has 9 atom stereocenters. The Balaban J connectivity index is 1.56. The minimum Gasteiger partial charge on any atom is -0.504 e. The summed E-state index contributed by atoms with van der Waals surface area (Å²) in [6.45, 7) is 7.21. The van der Waals surface area contributed by atoms with Crippen molar-refractivity contribution < 1.29 is 49.1 Å². The fourth-order valence-electron chi connectivity index (χ4n) is 6.88. The number of rotatable bonds is 2. The van der Waals surface area contributed by atoms with Crippen molar-refractivity contribution in [2.24, 2.45) is 0 Å². The highest BCUT2D eigenvalue weighted by atomic mass is 16.7. The second kappa shape index (κ2) is 8.18. The van der Waals surface area contributed by atoms with Gasteiger partial charge in [-0.25, -0.2) is 0 Å². The van der Waals surface area contributed by atoms with Gasteiger partial charge < -0.3 is 39.4 Å². The Morgan fingerprint density at radius 2 is 1.97 bits per heavy atom. The predicted octanol–water partition coefficient (Wildman–Crippen LogP) is -0.909. The number of allylic oxidation sites excluding steroid dienone is 3. The topological polar surface area (TPSA) is 156 Å². The highest BCUT2D eigenvalue weighted by Gasteiger charge is 2.63. The number of carbonyl (C=O) groups excluding carboxylic acids is 1. The largest absolute Gasteiger partial charge is 0.504 e. The molecule has 0 radical (unpaired) electrons. The van der Waals surface area contributed by atoms with E-state index in [2.05, 4.69) is 0 Å². The molecule has 11 heteroatoms. The molecule has 2 unspecified atom stereocenters. The number of aromatic hydroxyl groups is 1. The number of aliphatic hydroxyl groups excluding tert-OH is 1. The SMILES string of the molecule is CC[C@H]1O[C@@](C)(O)C[NH+]2C(C)=CC3=C(C(=O)c4cc(=O)c5c(c(O)c43)O[C@@H]3O[C@H](C)[C@@H](OC)[C@@H](O)[C@]53O)C12. The molecule has 0 aromatic heterocycles. The maximum Gasteiger partial charge on any atom is 0.236 e. The van der Waals surface area contributed by atoms with Crippen LogP contribution in [0.4, 0.5) is 0 Å². The number of ketones is 1. The van der Waals surface area contributed by atoms with E-state index in [0.29, 0.717) is 17.6 Å². The van der Waals surface area contributed by atoms with Crippen molar-refractivity contribution in [2.45, 2.75) is 82.3 Å². The summed E-state index contributed by atoms with van der Waals surface area (Å²) < 4.78 is 22.8. The van der Waals surface area contributed by atoms with Gasteiger partial charge in [-0.2, -0.15) is 0 Å². The fourth-order valence-corrected chi connectivity index (χ4v) is 6.88. The summed E-state index contributed by atoms with van der Waals surface area (Å²) in [5.74, 6) is -2.68. The second-order valence-corrected chi connectivity index (χ2v) is 11.0. The molecule has 0 amide bonds. The lowest BCUT2D eigenvalue weighted by Crippen LogP contribution is -3.19. The Labute approximate surface area is 218 Å². The zero-order valence-corrected chi connectivity index (χ0v) is 21.8. The summed E-state index contributed by atoms with van der Waals surface area (Å²) in [4.78, 5) is 28.4. The van der Waals surface area contributed by atoms with Gasteiger partial charge in [-0.05, 0) is 26.3 Å². The van der Waals surface area contributed by atoms with Crippen LogP contribution in [0.25, 0.3) is 5.57 Å². The number of hydrogen-bond donors (Lipinski definition) is 5. The molecule has 4 heterocycles. The minimum atomic E-state index is -2.33. The van der Waals surface area contributed by atoms with Crippen molar-refractivity contribution in [3.8, 4) is 11.5 Å². The molecule has 5 N–H and O–H groups in total.